The number of ether oxygens (including phenoxy) is 2. The van der Waals surface area contributed by atoms with E-state index in [0.717, 1.165) is 0 Å². The molecule has 0 unspecified atom stereocenters. The molecule has 2 heterocycles. The number of rotatable bonds is 9. The fourth-order valence-corrected chi connectivity index (χ4v) is 4.25. The van der Waals surface area contributed by atoms with Gasteiger partial charge in [0.15, 0.2) is 10.1 Å². The lowest BCUT2D eigenvalue weighted by atomic mass is 10.1. The second-order valence-electron chi connectivity index (χ2n) is 5.64. The van der Waals surface area contributed by atoms with Crippen LogP contribution in [0, 0.1) is 13.8 Å². The van der Waals surface area contributed by atoms with Gasteiger partial charge in [-0.2, -0.15) is 0 Å². The molecule has 0 bridgehead atoms. The van der Waals surface area contributed by atoms with E-state index in [4.69, 9.17) is 9.47 Å². The average molecular weight is 411 g/mol. The molecule has 0 atom stereocenters. The number of carbonyl (C=O) groups is 3. The predicted molar refractivity (Wildman–Crippen MR) is 104 cm³/mol. The maximum Gasteiger partial charge on any atom is 0.340 e. The molecule has 1 N–H and O–H groups in total. The second kappa shape index (κ2) is 9.70. The van der Waals surface area contributed by atoms with Gasteiger partial charge in [0.1, 0.15) is 0 Å². The number of H-pyrrole nitrogens is 1. The molecule has 0 aromatic carbocycles. The lowest BCUT2D eigenvalue weighted by Gasteiger charge is -2.02. The van der Waals surface area contributed by atoms with Gasteiger partial charge >= 0.3 is 11.9 Å². The van der Waals surface area contributed by atoms with E-state index in [-0.39, 0.29) is 30.5 Å². The number of thiazole rings is 1. The Morgan fingerprint density at radius 1 is 1.19 bits per heavy atom. The smallest absolute Gasteiger partial charge is 0.340 e. The van der Waals surface area contributed by atoms with Crippen molar-refractivity contribution in [3.05, 3.63) is 33.6 Å². The molecule has 2 aromatic heterocycles. The highest BCUT2D eigenvalue weighted by Crippen LogP contribution is 2.26. The number of nitrogens with one attached hydrogen (secondary N) is 1. The van der Waals surface area contributed by atoms with Crippen molar-refractivity contribution in [1.82, 2.24) is 9.97 Å². The number of Topliss-reactive ketones (excluding diaryl/α,β-unsaturated/α-hetero) is 1. The third-order valence-corrected chi connectivity index (χ3v) is 5.75. The van der Waals surface area contributed by atoms with Gasteiger partial charge < -0.3 is 14.5 Å². The van der Waals surface area contributed by atoms with Gasteiger partial charge in [0, 0.05) is 11.1 Å². The van der Waals surface area contributed by atoms with Crippen LogP contribution in [0.5, 0.6) is 0 Å². The second-order valence-corrected chi connectivity index (χ2v) is 7.72. The van der Waals surface area contributed by atoms with Crippen LogP contribution in [-0.4, -0.2) is 46.7 Å². The number of aromatic nitrogens is 2. The Bertz CT molecular complexity index is 841. The number of carbonyl (C=O) groups excluding carboxylic acids is 3. The van der Waals surface area contributed by atoms with Crippen LogP contribution < -0.4 is 0 Å². The zero-order chi connectivity index (χ0) is 20.0. The summed E-state index contributed by atoms with van der Waals surface area (Å²) in [5, 5.41) is 1.78. The molecule has 0 aliphatic heterocycles. The van der Waals surface area contributed by atoms with Gasteiger partial charge in [-0.25, -0.2) is 9.78 Å². The van der Waals surface area contributed by atoms with Gasteiger partial charge in [-0.1, -0.05) is 11.8 Å². The predicted octanol–water partition coefficient (Wildman–Crippen LogP) is 3.35. The molecule has 146 valence electrons. The first kappa shape index (κ1) is 21.2. The molecule has 0 fully saturated rings. The summed E-state index contributed by atoms with van der Waals surface area (Å²) < 4.78 is 10.6. The summed E-state index contributed by atoms with van der Waals surface area (Å²) in [6.07, 6.45) is 0.122. The maximum atomic E-state index is 12.6. The molecule has 2 aromatic rings. The molecule has 0 amide bonds. The monoisotopic (exact) mass is 410 g/mol. The van der Waals surface area contributed by atoms with E-state index in [1.807, 2.05) is 0 Å². The van der Waals surface area contributed by atoms with Crippen LogP contribution in [0.1, 0.15) is 51.6 Å². The number of nitrogens with zero attached hydrogens (tertiary/aromatic N) is 1. The molecule has 7 nitrogen and oxygen atoms in total. The molecule has 2 rings (SSSR count). The lowest BCUT2D eigenvalue weighted by molar-refractivity contribution is -0.142. The minimum absolute atomic E-state index is 0.122. The SMILES string of the molecule is CCOC(=O)Cc1csc(SCC(=O)c2[nH]c(C)c(C(=O)OCC)c2C)n1. The van der Waals surface area contributed by atoms with Crippen LogP contribution in [-0.2, 0) is 20.7 Å². The summed E-state index contributed by atoms with van der Waals surface area (Å²) >= 11 is 2.68. The first-order valence-electron chi connectivity index (χ1n) is 8.49. The molecular formula is C18H22N2O5S2. The average Bonchev–Trinajstić information content (AvgIpc) is 3.17. The van der Waals surface area contributed by atoms with Crippen molar-refractivity contribution in [1.29, 1.82) is 0 Å². The van der Waals surface area contributed by atoms with Crippen LogP contribution in [0.3, 0.4) is 0 Å². The van der Waals surface area contributed by atoms with E-state index >= 15 is 0 Å². The lowest BCUT2D eigenvalue weighted by Crippen LogP contribution is -2.08. The van der Waals surface area contributed by atoms with E-state index in [0.29, 0.717) is 39.2 Å². The van der Waals surface area contributed by atoms with Gasteiger partial charge in [0.05, 0.1) is 42.3 Å². The maximum absolute atomic E-state index is 12.6. The molecule has 9 heteroatoms. The van der Waals surface area contributed by atoms with E-state index in [2.05, 4.69) is 9.97 Å². The van der Waals surface area contributed by atoms with E-state index in [1.54, 1.807) is 33.1 Å². The van der Waals surface area contributed by atoms with Crippen molar-refractivity contribution in [3.63, 3.8) is 0 Å². The Balaban J connectivity index is 2.00. The number of thioether (sulfide) groups is 1. The van der Waals surface area contributed by atoms with Gasteiger partial charge in [0.2, 0.25) is 0 Å². The van der Waals surface area contributed by atoms with Crippen molar-refractivity contribution < 1.29 is 23.9 Å². The first-order valence-corrected chi connectivity index (χ1v) is 10.4. The molecule has 0 spiro atoms. The van der Waals surface area contributed by atoms with Crippen LogP contribution in [0.15, 0.2) is 9.72 Å². The number of aryl methyl sites for hydroxylation is 1. The third kappa shape index (κ3) is 5.43. The summed E-state index contributed by atoms with van der Waals surface area (Å²) in [6.45, 7) is 7.58. The Labute approximate surface area is 165 Å². The Kier molecular flexibility index (Phi) is 7.61. The Hall–Kier alpha value is -2.13. The van der Waals surface area contributed by atoms with E-state index in [1.165, 1.54) is 23.1 Å². The van der Waals surface area contributed by atoms with Crippen molar-refractivity contribution >= 4 is 40.8 Å². The van der Waals surface area contributed by atoms with Crippen LogP contribution in [0.4, 0.5) is 0 Å². The first-order chi connectivity index (χ1) is 12.9. The summed E-state index contributed by atoms with van der Waals surface area (Å²) in [5.74, 6) is -0.702. The number of hydrogen-bond acceptors (Lipinski definition) is 8. The number of hydrogen-bond donors (Lipinski definition) is 1. The highest BCUT2D eigenvalue weighted by molar-refractivity contribution is 8.01. The molecular weight excluding hydrogens is 388 g/mol. The van der Waals surface area contributed by atoms with Crippen molar-refractivity contribution in [3.8, 4) is 0 Å². The Morgan fingerprint density at radius 3 is 2.56 bits per heavy atom. The highest BCUT2D eigenvalue weighted by atomic mass is 32.2. The van der Waals surface area contributed by atoms with Crippen molar-refractivity contribution in [2.75, 3.05) is 19.0 Å². The summed E-state index contributed by atoms with van der Waals surface area (Å²) in [6, 6.07) is 0. The summed E-state index contributed by atoms with van der Waals surface area (Å²) in [7, 11) is 0. The van der Waals surface area contributed by atoms with Gasteiger partial charge in [-0.05, 0) is 33.3 Å². The largest absolute Gasteiger partial charge is 0.466 e. The third-order valence-electron chi connectivity index (χ3n) is 3.68. The van der Waals surface area contributed by atoms with Gasteiger partial charge in [0.25, 0.3) is 0 Å². The Morgan fingerprint density at radius 2 is 1.89 bits per heavy atom. The standard InChI is InChI=1S/C18H22N2O5S2/c1-5-24-14(22)7-12-8-26-18(20-12)27-9-13(21)16-10(3)15(11(4)19-16)17(23)25-6-2/h8,19H,5-7,9H2,1-4H3. The van der Waals surface area contributed by atoms with E-state index < -0.39 is 5.97 Å². The van der Waals surface area contributed by atoms with E-state index in [9.17, 15) is 14.4 Å². The summed E-state index contributed by atoms with van der Waals surface area (Å²) in [4.78, 5) is 43.4. The quantitative estimate of drug-likeness (QED) is 0.384. The van der Waals surface area contributed by atoms with Crippen molar-refractivity contribution in [2.45, 2.75) is 38.5 Å². The zero-order valence-corrected chi connectivity index (χ0v) is 17.3. The molecule has 0 saturated heterocycles. The number of aromatic amines is 1. The molecule has 27 heavy (non-hydrogen) atoms. The van der Waals surface area contributed by atoms with Crippen LogP contribution in [0.2, 0.25) is 0 Å². The van der Waals surface area contributed by atoms with Crippen LogP contribution in [0.25, 0.3) is 0 Å². The van der Waals surface area contributed by atoms with Gasteiger partial charge in [-0.3, -0.25) is 9.59 Å². The highest BCUT2D eigenvalue weighted by Gasteiger charge is 2.23. The number of esters is 2. The van der Waals surface area contributed by atoms with Crippen molar-refractivity contribution in [2.24, 2.45) is 0 Å². The molecule has 0 aliphatic rings. The van der Waals surface area contributed by atoms with Gasteiger partial charge in [-0.15, -0.1) is 11.3 Å². The minimum atomic E-state index is -0.431. The molecule has 0 aliphatic carbocycles. The fourth-order valence-electron chi connectivity index (χ4n) is 2.53. The van der Waals surface area contributed by atoms with Crippen LogP contribution >= 0.6 is 23.1 Å². The number of ketones is 1. The molecule has 0 radical (unpaired) electrons. The fraction of sp³-hybridized carbons (Fsp3) is 0.444. The summed E-state index contributed by atoms with van der Waals surface area (Å²) in [5.41, 5.74) is 2.66. The normalized spacial score (nSPS) is 10.7. The topological polar surface area (TPSA) is 98.4 Å². The molecule has 0 saturated carbocycles. The zero-order valence-electron chi connectivity index (χ0n) is 15.7. The minimum Gasteiger partial charge on any atom is -0.466 e.